The first-order valence-corrected chi connectivity index (χ1v) is 11.7. The predicted molar refractivity (Wildman–Crippen MR) is 127 cm³/mol. The topological polar surface area (TPSA) is 39.2 Å². The number of piperidine rings is 1. The average Bonchev–Trinajstić information content (AvgIpc) is 2.82. The minimum atomic E-state index is 0.259. The maximum absolute atomic E-state index is 9.70. The molecular weight excluding hydrogens is 386 g/mol. The molecule has 31 heavy (non-hydrogen) atoms. The van der Waals surface area contributed by atoms with Gasteiger partial charge in [0.2, 0.25) is 0 Å². The van der Waals surface area contributed by atoms with Gasteiger partial charge in [-0.3, -0.25) is 9.80 Å². The van der Waals surface area contributed by atoms with E-state index in [0.717, 1.165) is 51.4 Å². The van der Waals surface area contributed by atoms with Gasteiger partial charge in [-0.2, -0.15) is 0 Å². The first-order valence-electron chi connectivity index (χ1n) is 11.7. The summed E-state index contributed by atoms with van der Waals surface area (Å²) in [7, 11) is 1.75. The smallest absolute Gasteiger partial charge is 0.142 e. The van der Waals surface area contributed by atoms with Gasteiger partial charge in [0.05, 0.1) is 12.8 Å². The molecule has 168 valence electrons. The van der Waals surface area contributed by atoms with Crippen molar-refractivity contribution < 1.29 is 9.84 Å². The SMILES string of the molecule is COc1ccccc1N1CCC(N2CCN(Cc3ccccc3C)[C@H](CCO)C2)CC1. The molecule has 2 aromatic carbocycles. The van der Waals surface area contributed by atoms with Crippen LogP contribution in [0.2, 0.25) is 0 Å². The number of para-hydroxylation sites is 2. The highest BCUT2D eigenvalue weighted by molar-refractivity contribution is 5.58. The van der Waals surface area contributed by atoms with Gasteiger partial charge in [-0.1, -0.05) is 36.4 Å². The summed E-state index contributed by atoms with van der Waals surface area (Å²) in [5.41, 5.74) is 3.98. The van der Waals surface area contributed by atoms with E-state index in [0.29, 0.717) is 12.1 Å². The molecule has 2 aliphatic heterocycles. The van der Waals surface area contributed by atoms with Gasteiger partial charge in [-0.05, 0) is 49.4 Å². The van der Waals surface area contributed by atoms with E-state index in [1.807, 2.05) is 6.07 Å². The number of piperazine rings is 1. The molecule has 2 aromatic rings. The van der Waals surface area contributed by atoms with E-state index in [-0.39, 0.29) is 6.61 Å². The van der Waals surface area contributed by atoms with E-state index >= 15 is 0 Å². The molecule has 2 saturated heterocycles. The number of methoxy groups -OCH3 is 1. The molecule has 0 unspecified atom stereocenters. The van der Waals surface area contributed by atoms with Crippen molar-refractivity contribution in [1.82, 2.24) is 9.80 Å². The summed E-state index contributed by atoms with van der Waals surface area (Å²) >= 11 is 0. The minimum absolute atomic E-state index is 0.259. The fourth-order valence-electron chi connectivity index (χ4n) is 5.25. The van der Waals surface area contributed by atoms with Crippen LogP contribution in [0.5, 0.6) is 5.75 Å². The van der Waals surface area contributed by atoms with Gasteiger partial charge in [0.25, 0.3) is 0 Å². The van der Waals surface area contributed by atoms with Gasteiger partial charge in [0, 0.05) is 58.0 Å². The van der Waals surface area contributed by atoms with Gasteiger partial charge in [-0.15, -0.1) is 0 Å². The van der Waals surface area contributed by atoms with E-state index in [1.165, 1.54) is 29.7 Å². The second-order valence-electron chi connectivity index (χ2n) is 8.95. The van der Waals surface area contributed by atoms with Gasteiger partial charge in [0.15, 0.2) is 0 Å². The van der Waals surface area contributed by atoms with Crippen LogP contribution in [-0.4, -0.2) is 73.4 Å². The predicted octanol–water partition coefficient (Wildman–Crippen LogP) is 3.54. The van der Waals surface area contributed by atoms with Gasteiger partial charge in [-0.25, -0.2) is 0 Å². The van der Waals surface area contributed by atoms with Gasteiger partial charge < -0.3 is 14.7 Å². The van der Waals surface area contributed by atoms with Crippen molar-refractivity contribution in [1.29, 1.82) is 0 Å². The lowest BCUT2D eigenvalue weighted by Crippen LogP contribution is -2.57. The van der Waals surface area contributed by atoms with Crippen molar-refractivity contribution in [3.8, 4) is 5.75 Å². The molecule has 5 heteroatoms. The Labute approximate surface area is 187 Å². The maximum Gasteiger partial charge on any atom is 0.142 e. The highest BCUT2D eigenvalue weighted by Crippen LogP contribution is 2.31. The number of aliphatic hydroxyl groups is 1. The summed E-state index contributed by atoms with van der Waals surface area (Å²) in [4.78, 5) is 7.74. The molecular formula is C26H37N3O2. The molecule has 0 spiro atoms. The fourth-order valence-corrected chi connectivity index (χ4v) is 5.25. The number of aliphatic hydroxyl groups excluding tert-OH is 1. The molecule has 1 N–H and O–H groups in total. The summed E-state index contributed by atoms with van der Waals surface area (Å²) in [6.45, 7) is 8.83. The quantitative estimate of drug-likeness (QED) is 0.738. The minimum Gasteiger partial charge on any atom is -0.495 e. The third-order valence-electron chi connectivity index (χ3n) is 7.14. The van der Waals surface area contributed by atoms with Crippen molar-refractivity contribution in [3.63, 3.8) is 0 Å². The Morgan fingerprint density at radius 2 is 1.71 bits per heavy atom. The second kappa shape index (κ2) is 10.5. The summed E-state index contributed by atoms with van der Waals surface area (Å²) < 4.78 is 5.57. The molecule has 2 aliphatic rings. The van der Waals surface area contributed by atoms with Crippen molar-refractivity contribution in [2.75, 3.05) is 51.3 Å². The van der Waals surface area contributed by atoms with Crippen molar-refractivity contribution >= 4 is 5.69 Å². The lowest BCUT2D eigenvalue weighted by atomic mass is 9.98. The van der Waals surface area contributed by atoms with Crippen LogP contribution in [-0.2, 0) is 6.54 Å². The van der Waals surface area contributed by atoms with E-state index < -0.39 is 0 Å². The second-order valence-corrected chi connectivity index (χ2v) is 8.95. The van der Waals surface area contributed by atoms with Crippen LogP contribution in [0.3, 0.4) is 0 Å². The third kappa shape index (κ3) is 5.22. The summed E-state index contributed by atoms with van der Waals surface area (Å²) in [6, 6.07) is 18.1. The average molecular weight is 424 g/mol. The van der Waals surface area contributed by atoms with Crippen molar-refractivity contribution in [2.45, 2.75) is 44.8 Å². The highest BCUT2D eigenvalue weighted by atomic mass is 16.5. The number of nitrogens with zero attached hydrogens (tertiary/aromatic N) is 3. The van der Waals surface area contributed by atoms with Crippen LogP contribution in [0.15, 0.2) is 48.5 Å². The Balaban J connectivity index is 1.35. The van der Waals surface area contributed by atoms with E-state index in [1.54, 1.807) is 7.11 Å². The molecule has 5 nitrogen and oxygen atoms in total. The van der Waals surface area contributed by atoms with E-state index in [9.17, 15) is 5.11 Å². The molecule has 0 saturated carbocycles. The number of benzene rings is 2. The molecule has 4 rings (SSSR count). The lowest BCUT2D eigenvalue weighted by Gasteiger charge is -2.47. The summed E-state index contributed by atoms with van der Waals surface area (Å²) in [5, 5.41) is 9.70. The van der Waals surface area contributed by atoms with Crippen LogP contribution in [0.25, 0.3) is 0 Å². The third-order valence-corrected chi connectivity index (χ3v) is 7.14. The Bertz CT molecular complexity index is 835. The van der Waals surface area contributed by atoms with Crippen LogP contribution in [0, 0.1) is 6.92 Å². The Morgan fingerprint density at radius 3 is 2.45 bits per heavy atom. The number of ether oxygens (including phenoxy) is 1. The molecule has 0 aromatic heterocycles. The van der Waals surface area contributed by atoms with E-state index in [4.69, 9.17) is 4.74 Å². The number of rotatable bonds is 7. The van der Waals surface area contributed by atoms with Gasteiger partial charge in [0.1, 0.15) is 5.75 Å². The lowest BCUT2D eigenvalue weighted by molar-refractivity contribution is 0.0253. The molecule has 0 aliphatic carbocycles. The zero-order chi connectivity index (χ0) is 21.6. The van der Waals surface area contributed by atoms with E-state index in [2.05, 4.69) is 64.1 Å². The van der Waals surface area contributed by atoms with Gasteiger partial charge >= 0.3 is 0 Å². The summed E-state index contributed by atoms with van der Waals surface area (Å²) in [5.74, 6) is 0.966. The Hall–Kier alpha value is -2.08. The van der Waals surface area contributed by atoms with Crippen LogP contribution in [0.1, 0.15) is 30.4 Å². The molecule has 2 fully saturated rings. The van der Waals surface area contributed by atoms with Crippen LogP contribution >= 0.6 is 0 Å². The Kier molecular flexibility index (Phi) is 7.49. The molecule has 0 bridgehead atoms. The highest BCUT2D eigenvalue weighted by Gasteiger charge is 2.32. The summed E-state index contributed by atoms with van der Waals surface area (Å²) in [6.07, 6.45) is 3.21. The first-order chi connectivity index (χ1) is 15.2. The number of aryl methyl sites for hydroxylation is 1. The first kappa shape index (κ1) is 22.1. The fraction of sp³-hybridized carbons (Fsp3) is 0.538. The zero-order valence-electron chi connectivity index (χ0n) is 19.0. The Morgan fingerprint density at radius 1 is 0.968 bits per heavy atom. The normalized spacial score (nSPS) is 21.4. The largest absolute Gasteiger partial charge is 0.495 e. The van der Waals surface area contributed by atoms with Crippen LogP contribution < -0.4 is 9.64 Å². The number of hydrogen-bond acceptors (Lipinski definition) is 5. The van der Waals surface area contributed by atoms with Crippen molar-refractivity contribution in [3.05, 3.63) is 59.7 Å². The molecule has 2 heterocycles. The molecule has 0 radical (unpaired) electrons. The molecule has 0 amide bonds. The van der Waals surface area contributed by atoms with Crippen LogP contribution in [0.4, 0.5) is 5.69 Å². The number of anilines is 1. The monoisotopic (exact) mass is 423 g/mol. The zero-order valence-corrected chi connectivity index (χ0v) is 19.0. The molecule has 1 atom stereocenters. The maximum atomic E-state index is 9.70. The standard InChI is InChI=1S/C26H37N3O2/c1-21-7-3-4-8-22(21)19-28-16-17-29(20-24(28)13-18-30)23-11-14-27(15-12-23)25-9-5-6-10-26(25)31-2/h3-10,23-24,30H,11-20H2,1-2H3/t24-/m1/s1. The van der Waals surface area contributed by atoms with Crippen molar-refractivity contribution in [2.24, 2.45) is 0 Å². The number of hydrogen-bond donors (Lipinski definition) is 1.